The maximum Gasteiger partial charge on any atom is 0.0195 e. The molecule has 2 heterocycles. The molecule has 3 nitrogen and oxygen atoms in total. The van der Waals surface area contributed by atoms with Crippen molar-refractivity contribution in [2.45, 2.75) is 57.9 Å². The van der Waals surface area contributed by atoms with Crippen LogP contribution in [-0.2, 0) is 0 Å². The second-order valence-electron chi connectivity index (χ2n) is 6.35. The van der Waals surface area contributed by atoms with Crippen molar-refractivity contribution in [3.63, 3.8) is 0 Å². The molecule has 1 unspecified atom stereocenters. The van der Waals surface area contributed by atoms with E-state index in [2.05, 4.69) is 22.0 Å². The quantitative estimate of drug-likeness (QED) is 0.728. The fourth-order valence-corrected chi connectivity index (χ4v) is 3.53. The predicted octanol–water partition coefficient (Wildman–Crippen LogP) is 2.33. The lowest BCUT2D eigenvalue weighted by molar-refractivity contribution is 0.210. The van der Waals surface area contributed by atoms with Crippen LogP contribution in [0.5, 0.6) is 0 Å². The Labute approximate surface area is 119 Å². The summed E-state index contributed by atoms with van der Waals surface area (Å²) in [5, 5.41) is 3.69. The second kappa shape index (κ2) is 8.93. The molecule has 2 aliphatic heterocycles. The molecule has 2 saturated heterocycles. The SMILES string of the molecule is CCCN(CCCN1CCCC1)CC1CCCCN1. The largest absolute Gasteiger partial charge is 0.313 e. The van der Waals surface area contributed by atoms with Gasteiger partial charge in [0.05, 0.1) is 0 Å². The average Bonchev–Trinajstić information content (AvgIpc) is 2.93. The van der Waals surface area contributed by atoms with Crippen molar-refractivity contribution in [3.05, 3.63) is 0 Å². The molecule has 2 rings (SSSR count). The summed E-state index contributed by atoms with van der Waals surface area (Å²) in [7, 11) is 0. The summed E-state index contributed by atoms with van der Waals surface area (Å²) >= 11 is 0. The van der Waals surface area contributed by atoms with Gasteiger partial charge in [-0.25, -0.2) is 0 Å². The van der Waals surface area contributed by atoms with Gasteiger partial charge in [0.25, 0.3) is 0 Å². The summed E-state index contributed by atoms with van der Waals surface area (Å²) in [6.45, 7) is 11.4. The van der Waals surface area contributed by atoms with Gasteiger partial charge >= 0.3 is 0 Å². The van der Waals surface area contributed by atoms with E-state index in [0.29, 0.717) is 0 Å². The van der Waals surface area contributed by atoms with Crippen molar-refractivity contribution < 1.29 is 0 Å². The van der Waals surface area contributed by atoms with Crippen LogP contribution >= 0.6 is 0 Å². The first-order chi connectivity index (χ1) is 9.38. The monoisotopic (exact) mass is 267 g/mol. The summed E-state index contributed by atoms with van der Waals surface area (Å²) < 4.78 is 0. The number of hydrogen-bond donors (Lipinski definition) is 1. The summed E-state index contributed by atoms with van der Waals surface area (Å²) in [6.07, 6.45) is 9.66. The molecule has 3 heteroatoms. The van der Waals surface area contributed by atoms with Gasteiger partial charge in [0.1, 0.15) is 0 Å². The van der Waals surface area contributed by atoms with Crippen LogP contribution in [0.25, 0.3) is 0 Å². The van der Waals surface area contributed by atoms with Gasteiger partial charge < -0.3 is 15.1 Å². The van der Waals surface area contributed by atoms with E-state index in [-0.39, 0.29) is 0 Å². The molecule has 0 aromatic carbocycles. The van der Waals surface area contributed by atoms with E-state index in [1.54, 1.807) is 0 Å². The smallest absolute Gasteiger partial charge is 0.0195 e. The van der Waals surface area contributed by atoms with Crippen molar-refractivity contribution in [3.8, 4) is 0 Å². The van der Waals surface area contributed by atoms with Gasteiger partial charge in [-0.2, -0.15) is 0 Å². The molecule has 0 aromatic rings. The minimum atomic E-state index is 0.757. The zero-order valence-corrected chi connectivity index (χ0v) is 12.9. The minimum absolute atomic E-state index is 0.757. The lowest BCUT2D eigenvalue weighted by Crippen LogP contribution is -2.44. The van der Waals surface area contributed by atoms with E-state index >= 15 is 0 Å². The molecule has 0 amide bonds. The van der Waals surface area contributed by atoms with Gasteiger partial charge in [0.15, 0.2) is 0 Å². The molecular weight excluding hydrogens is 234 g/mol. The summed E-state index contributed by atoms with van der Waals surface area (Å²) in [4.78, 5) is 5.34. The Morgan fingerprint density at radius 1 is 1.11 bits per heavy atom. The number of nitrogens with one attached hydrogen (secondary N) is 1. The topological polar surface area (TPSA) is 18.5 Å². The maximum atomic E-state index is 3.69. The molecule has 0 spiro atoms. The standard InChI is InChI=1S/C16H33N3/c1-2-10-19(15-16-8-3-4-9-17-16)14-7-13-18-11-5-6-12-18/h16-17H,2-15H2,1H3. The van der Waals surface area contributed by atoms with Crippen LogP contribution in [-0.4, -0.2) is 61.7 Å². The van der Waals surface area contributed by atoms with Crippen molar-refractivity contribution in [2.75, 3.05) is 45.8 Å². The molecule has 0 aromatic heterocycles. The Balaban J connectivity index is 1.62. The van der Waals surface area contributed by atoms with Gasteiger partial charge in [-0.3, -0.25) is 0 Å². The molecule has 0 aliphatic carbocycles. The van der Waals surface area contributed by atoms with E-state index in [1.165, 1.54) is 90.8 Å². The maximum absolute atomic E-state index is 3.69. The number of piperidine rings is 1. The van der Waals surface area contributed by atoms with Gasteiger partial charge in [-0.1, -0.05) is 13.3 Å². The molecular formula is C16H33N3. The van der Waals surface area contributed by atoms with Crippen LogP contribution in [0.15, 0.2) is 0 Å². The molecule has 2 aliphatic rings. The Bertz CT molecular complexity index is 220. The van der Waals surface area contributed by atoms with E-state index in [0.717, 1.165) is 6.04 Å². The van der Waals surface area contributed by atoms with E-state index in [4.69, 9.17) is 0 Å². The highest BCUT2D eigenvalue weighted by Crippen LogP contribution is 2.11. The van der Waals surface area contributed by atoms with Crippen molar-refractivity contribution in [1.82, 2.24) is 15.1 Å². The first-order valence-corrected chi connectivity index (χ1v) is 8.56. The lowest BCUT2D eigenvalue weighted by atomic mass is 10.0. The van der Waals surface area contributed by atoms with Crippen LogP contribution in [0, 0.1) is 0 Å². The fourth-order valence-electron chi connectivity index (χ4n) is 3.53. The normalized spacial score (nSPS) is 25.3. The van der Waals surface area contributed by atoms with Crippen LogP contribution in [0.3, 0.4) is 0 Å². The first kappa shape index (κ1) is 15.3. The van der Waals surface area contributed by atoms with E-state index in [9.17, 15) is 0 Å². The average molecular weight is 267 g/mol. The molecule has 2 fully saturated rings. The molecule has 0 saturated carbocycles. The van der Waals surface area contributed by atoms with Gasteiger partial charge in [0, 0.05) is 12.6 Å². The van der Waals surface area contributed by atoms with Crippen LogP contribution in [0.1, 0.15) is 51.9 Å². The van der Waals surface area contributed by atoms with Crippen LogP contribution in [0.2, 0.25) is 0 Å². The highest BCUT2D eigenvalue weighted by Gasteiger charge is 2.16. The van der Waals surface area contributed by atoms with Crippen molar-refractivity contribution in [1.29, 1.82) is 0 Å². The summed E-state index contributed by atoms with van der Waals surface area (Å²) in [6, 6.07) is 0.757. The van der Waals surface area contributed by atoms with E-state index in [1.807, 2.05) is 0 Å². The highest BCUT2D eigenvalue weighted by atomic mass is 15.2. The van der Waals surface area contributed by atoms with Crippen molar-refractivity contribution in [2.24, 2.45) is 0 Å². The summed E-state index contributed by atoms with van der Waals surface area (Å²) in [5.74, 6) is 0. The Morgan fingerprint density at radius 2 is 1.95 bits per heavy atom. The first-order valence-electron chi connectivity index (χ1n) is 8.56. The lowest BCUT2D eigenvalue weighted by Gasteiger charge is -2.30. The van der Waals surface area contributed by atoms with Gasteiger partial charge in [-0.05, 0) is 77.8 Å². The molecule has 19 heavy (non-hydrogen) atoms. The highest BCUT2D eigenvalue weighted by molar-refractivity contribution is 4.76. The molecule has 112 valence electrons. The molecule has 1 atom stereocenters. The number of hydrogen-bond acceptors (Lipinski definition) is 3. The second-order valence-corrected chi connectivity index (χ2v) is 6.35. The van der Waals surface area contributed by atoms with Gasteiger partial charge in [0.2, 0.25) is 0 Å². The molecule has 1 N–H and O–H groups in total. The predicted molar refractivity (Wildman–Crippen MR) is 82.7 cm³/mol. The Morgan fingerprint density at radius 3 is 2.63 bits per heavy atom. The van der Waals surface area contributed by atoms with Crippen LogP contribution < -0.4 is 5.32 Å². The minimum Gasteiger partial charge on any atom is -0.313 e. The number of likely N-dealkylation sites (tertiary alicyclic amines) is 1. The third-order valence-corrected chi connectivity index (χ3v) is 4.58. The Hall–Kier alpha value is -0.120. The van der Waals surface area contributed by atoms with Gasteiger partial charge in [-0.15, -0.1) is 0 Å². The Kier molecular flexibility index (Phi) is 7.18. The van der Waals surface area contributed by atoms with E-state index < -0.39 is 0 Å². The fraction of sp³-hybridized carbons (Fsp3) is 1.00. The zero-order chi connectivity index (χ0) is 13.3. The molecule has 0 bridgehead atoms. The van der Waals surface area contributed by atoms with Crippen LogP contribution in [0.4, 0.5) is 0 Å². The van der Waals surface area contributed by atoms with Crippen molar-refractivity contribution >= 4 is 0 Å². The third kappa shape index (κ3) is 5.80. The third-order valence-electron chi connectivity index (χ3n) is 4.58. The zero-order valence-electron chi connectivity index (χ0n) is 12.9. The molecule has 0 radical (unpaired) electrons. The number of rotatable bonds is 8. The number of nitrogens with zero attached hydrogens (tertiary/aromatic N) is 2. The summed E-state index contributed by atoms with van der Waals surface area (Å²) in [5.41, 5.74) is 0.